The van der Waals surface area contributed by atoms with Crippen molar-refractivity contribution in [2.45, 2.75) is 30.8 Å². The van der Waals surface area contributed by atoms with Crippen LogP contribution in [0.15, 0.2) is 59.1 Å². The minimum atomic E-state index is 0.281. The number of ether oxygens (including phenoxy) is 2. The number of hydrogen-bond donors (Lipinski definition) is 0. The van der Waals surface area contributed by atoms with Crippen LogP contribution in [0.1, 0.15) is 24.0 Å². The van der Waals surface area contributed by atoms with Crippen molar-refractivity contribution in [3.05, 3.63) is 71.0 Å². The van der Waals surface area contributed by atoms with Gasteiger partial charge in [-0.05, 0) is 30.7 Å². The largest absolute Gasteiger partial charge is 0.454 e. The minimum Gasteiger partial charge on any atom is -0.454 e. The first-order valence-electron chi connectivity index (χ1n) is 9.73. The van der Waals surface area contributed by atoms with Gasteiger partial charge in [0.2, 0.25) is 6.79 Å². The Bertz CT molecular complexity index is 1160. The number of rotatable bonds is 7. The van der Waals surface area contributed by atoms with Crippen LogP contribution in [0, 0.1) is 0 Å². The van der Waals surface area contributed by atoms with Crippen molar-refractivity contribution in [1.29, 1.82) is 0 Å². The lowest BCUT2D eigenvalue weighted by molar-refractivity contribution is 0.174. The predicted octanol–water partition coefficient (Wildman–Crippen LogP) is 5.03. The van der Waals surface area contributed by atoms with Gasteiger partial charge >= 0.3 is 0 Å². The van der Waals surface area contributed by atoms with Gasteiger partial charge in [-0.3, -0.25) is 0 Å². The molecule has 0 saturated carbocycles. The van der Waals surface area contributed by atoms with Crippen LogP contribution in [0.4, 0.5) is 0 Å². The highest BCUT2D eigenvalue weighted by molar-refractivity contribution is 7.98. The Labute approximate surface area is 182 Å². The highest BCUT2D eigenvalue weighted by Gasteiger charge is 2.16. The first kappa shape index (κ1) is 19.1. The van der Waals surface area contributed by atoms with E-state index in [1.54, 1.807) is 23.1 Å². The van der Waals surface area contributed by atoms with E-state index in [-0.39, 0.29) is 6.79 Å². The second-order valence-electron chi connectivity index (χ2n) is 6.81. The highest BCUT2D eigenvalue weighted by atomic mass is 32.2. The SMILES string of the molecule is CCn1c(Cc2ccccc2)nnc1SCc1csc(-c2ccc3c(c2)OCO3)n1. The standard InChI is InChI=1S/C22H20N4O2S2/c1-2-26-20(10-15-6-4-3-5-7-15)24-25-22(26)30-13-17-12-29-21(23-17)16-8-9-18-19(11-16)28-14-27-18/h3-9,11-12H,2,10,13-14H2,1H3. The Morgan fingerprint density at radius 2 is 1.93 bits per heavy atom. The van der Waals surface area contributed by atoms with Crippen LogP contribution in [-0.4, -0.2) is 26.5 Å². The molecule has 2 aromatic heterocycles. The molecule has 8 heteroatoms. The average Bonchev–Trinajstić information content (AvgIpc) is 3.52. The Hall–Kier alpha value is -2.84. The quantitative estimate of drug-likeness (QED) is 0.379. The molecule has 0 radical (unpaired) electrons. The van der Waals surface area contributed by atoms with E-state index in [1.807, 2.05) is 24.3 Å². The molecule has 0 aliphatic carbocycles. The zero-order valence-electron chi connectivity index (χ0n) is 16.4. The molecule has 30 heavy (non-hydrogen) atoms. The number of fused-ring (bicyclic) bond motifs is 1. The summed E-state index contributed by atoms with van der Waals surface area (Å²) in [5.41, 5.74) is 3.32. The predicted molar refractivity (Wildman–Crippen MR) is 118 cm³/mol. The number of nitrogens with zero attached hydrogens (tertiary/aromatic N) is 4. The molecular weight excluding hydrogens is 416 g/mol. The Balaban J connectivity index is 1.28. The van der Waals surface area contributed by atoms with Crippen molar-refractivity contribution in [2.75, 3.05) is 6.79 Å². The fourth-order valence-electron chi connectivity index (χ4n) is 3.33. The van der Waals surface area contributed by atoms with Gasteiger partial charge in [0.25, 0.3) is 0 Å². The summed E-state index contributed by atoms with van der Waals surface area (Å²) in [5, 5.41) is 12.9. The number of thioether (sulfide) groups is 1. The fraction of sp³-hybridized carbons (Fsp3) is 0.227. The highest BCUT2D eigenvalue weighted by Crippen LogP contribution is 2.37. The summed E-state index contributed by atoms with van der Waals surface area (Å²) in [4.78, 5) is 4.79. The normalized spacial score (nSPS) is 12.4. The fourth-order valence-corrected chi connectivity index (χ4v) is 5.16. The van der Waals surface area contributed by atoms with E-state index in [0.717, 1.165) is 57.5 Å². The molecule has 0 fully saturated rings. The van der Waals surface area contributed by atoms with Crippen molar-refractivity contribution in [3.63, 3.8) is 0 Å². The average molecular weight is 437 g/mol. The molecule has 152 valence electrons. The van der Waals surface area contributed by atoms with E-state index >= 15 is 0 Å². The third-order valence-corrected chi connectivity index (χ3v) is 6.78. The van der Waals surface area contributed by atoms with E-state index in [4.69, 9.17) is 14.5 Å². The number of aromatic nitrogens is 4. The first-order valence-corrected chi connectivity index (χ1v) is 11.6. The van der Waals surface area contributed by atoms with Gasteiger partial charge in [-0.15, -0.1) is 21.5 Å². The van der Waals surface area contributed by atoms with Crippen LogP contribution in [0.2, 0.25) is 0 Å². The Morgan fingerprint density at radius 3 is 2.80 bits per heavy atom. The van der Waals surface area contributed by atoms with E-state index in [0.29, 0.717) is 0 Å². The number of benzene rings is 2. The molecule has 0 atom stereocenters. The van der Waals surface area contributed by atoms with Crippen LogP contribution in [0.5, 0.6) is 11.5 Å². The van der Waals surface area contributed by atoms with Gasteiger partial charge in [0, 0.05) is 29.7 Å². The Kier molecular flexibility index (Phi) is 5.42. The third kappa shape index (κ3) is 3.93. The summed E-state index contributed by atoms with van der Waals surface area (Å²) in [6.45, 7) is 3.25. The molecule has 5 rings (SSSR count). The topological polar surface area (TPSA) is 62.1 Å². The molecule has 6 nitrogen and oxygen atoms in total. The summed E-state index contributed by atoms with van der Waals surface area (Å²) in [5.74, 6) is 3.31. The monoisotopic (exact) mass is 436 g/mol. The van der Waals surface area contributed by atoms with Crippen LogP contribution in [0.3, 0.4) is 0 Å². The number of thiazole rings is 1. The molecule has 3 heterocycles. The molecule has 1 aliphatic rings. The van der Waals surface area contributed by atoms with Gasteiger partial charge in [0.1, 0.15) is 10.8 Å². The molecule has 0 unspecified atom stereocenters. The smallest absolute Gasteiger partial charge is 0.231 e. The summed E-state index contributed by atoms with van der Waals surface area (Å²) < 4.78 is 13.0. The number of hydrogen-bond acceptors (Lipinski definition) is 7. The van der Waals surface area contributed by atoms with Crippen molar-refractivity contribution in [2.24, 2.45) is 0 Å². The zero-order chi connectivity index (χ0) is 20.3. The molecule has 0 N–H and O–H groups in total. The van der Waals surface area contributed by atoms with Gasteiger partial charge < -0.3 is 14.0 Å². The van der Waals surface area contributed by atoms with E-state index < -0.39 is 0 Å². The summed E-state index contributed by atoms with van der Waals surface area (Å²) in [7, 11) is 0. The molecule has 1 aliphatic heterocycles. The molecule has 4 aromatic rings. The van der Waals surface area contributed by atoms with Gasteiger partial charge in [0.05, 0.1) is 5.69 Å². The van der Waals surface area contributed by atoms with Crippen LogP contribution < -0.4 is 9.47 Å². The summed E-state index contributed by atoms with van der Waals surface area (Å²) in [6, 6.07) is 16.3. The first-order chi connectivity index (χ1) is 14.8. The van der Waals surface area contributed by atoms with Crippen molar-refractivity contribution in [1.82, 2.24) is 19.7 Å². The summed E-state index contributed by atoms with van der Waals surface area (Å²) in [6.07, 6.45) is 0.785. The van der Waals surface area contributed by atoms with Gasteiger partial charge in [-0.1, -0.05) is 42.1 Å². The lowest BCUT2D eigenvalue weighted by Crippen LogP contribution is -2.04. The molecule has 0 bridgehead atoms. The van der Waals surface area contributed by atoms with Gasteiger partial charge in [-0.2, -0.15) is 0 Å². The Morgan fingerprint density at radius 1 is 1.07 bits per heavy atom. The van der Waals surface area contributed by atoms with Crippen molar-refractivity contribution >= 4 is 23.1 Å². The maximum atomic E-state index is 5.48. The summed E-state index contributed by atoms with van der Waals surface area (Å²) >= 11 is 3.31. The second-order valence-corrected chi connectivity index (χ2v) is 8.61. The van der Waals surface area contributed by atoms with E-state index in [9.17, 15) is 0 Å². The van der Waals surface area contributed by atoms with E-state index in [2.05, 4.69) is 51.3 Å². The molecule has 0 spiro atoms. The van der Waals surface area contributed by atoms with Crippen molar-refractivity contribution < 1.29 is 9.47 Å². The van der Waals surface area contributed by atoms with Crippen molar-refractivity contribution in [3.8, 4) is 22.1 Å². The molecule has 0 amide bonds. The maximum absolute atomic E-state index is 5.48. The van der Waals surface area contributed by atoms with E-state index in [1.165, 1.54) is 5.56 Å². The lowest BCUT2D eigenvalue weighted by Gasteiger charge is -2.07. The molecular formula is C22H20N4O2S2. The van der Waals surface area contributed by atoms with Crippen LogP contribution in [-0.2, 0) is 18.7 Å². The third-order valence-electron chi connectivity index (χ3n) is 4.84. The second kappa shape index (κ2) is 8.49. The van der Waals surface area contributed by atoms with Crippen LogP contribution >= 0.6 is 23.1 Å². The van der Waals surface area contributed by atoms with Crippen LogP contribution in [0.25, 0.3) is 10.6 Å². The maximum Gasteiger partial charge on any atom is 0.231 e. The zero-order valence-corrected chi connectivity index (χ0v) is 18.1. The molecule has 2 aromatic carbocycles. The molecule has 0 saturated heterocycles. The van der Waals surface area contributed by atoms with Gasteiger partial charge in [0.15, 0.2) is 16.7 Å². The van der Waals surface area contributed by atoms with Gasteiger partial charge in [-0.25, -0.2) is 4.98 Å². The lowest BCUT2D eigenvalue weighted by atomic mass is 10.1. The minimum absolute atomic E-state index is 0.281.